The van der Waals surface area contributed by atoms with Crippen LogP contribution in [0.5, 0.6) is 0 Å². The number of hydrogen-bond donors (Lipinski definition) is 1. The van der Waals surface area contributed by atoms with Crippen molar-refractivity contribution in [2.75, 3.05) is 20.1 Å². The Morgan fingerprint density at radius 3 is 2.42 bits per heavy atom. The van der Waals surface area contributed by atoms with Gasteiger partial charge in [0.05, 0.1) is 13.1 Å². The van der Waals surface area contributed by atoms with Crippen molar-refractivity contribution in [3.05, 3.63) is 80.8 Å². The predicted octanol–water partition coefficient (Wildman–Crippen LogP) is 4.82. The molecule has 1 amide bonds. The smallest absolute Gasteiger partial charge is 0.343 e. The van der Waals surface area contributed by atoms with Gasteiger partial charge in [-0.25, -0.2) is 0 Å². The molecule has 0 aliphatic heterocycles. The monoisotopic (exact) mass is 477 g/mol. The summed E-state index contributed by atoms with van der Waals surface area (Å²) in [6, 6.07) is 12.3. The Morgan fingerprint density at radius 2 is 1.82 bits per heavy atom. The summed E-state index contributed by atoms with van der Waals surface area (Å²) in [4.78, 5) is 27.8. The van der Waals surface area contributed by atoms with E-state index in [1.807, 2.05) is 48.6 Å². The number of alkyl halides is 3. The van der Waals surface area contributed by atoms with Crippen LogP contribution in [0.1, 0.15) is 42.5 Å². The lowest BCUT2D eigenvalue weighted by Crippen LogP contribution is -2.33. The van der Waals surface area contributed by atoms with Crippen molar-refractivity contribution in [1.82, 2.24) is 14.8 Å². The molecule has 3 aromatic rings. The minimum absolute atomic E-state index is 0.0196. The summed E-state index contributed by atoms with van der Waals surface area (Å²) < 4.78 is 38.9. The van der Waals surface area contributed by atoms with Crippen LogP contribution >= 0.6 is 11.3 Å². The maximum Gasteiger partial charge on any atom is 0.405 e. The fourth-order valence-electron chi connectivity index (χ4n) is 3.63. The minimum atomic E-state index is -4.45. The normalized spacial score (nSPS) is 11.7. The summed E-state index contributed by atoms with van der Waals surface area (Å²) >= 11 is 1.68. The van der Waals surface area contributed by atoms with Crippen molar-refractivity contribution < 1.29 is 22.8 Å². The number of carbonyl (C=O) groups is 2. The van der Waals surface area contributed by atoms with E-state index in [2.05, 4.69) is 10.6 Å². The highest BCUT2D eigenvalue weighted by atomic mass is 32.1. The number of benzene rings is 1. The number of nitrogens with zero attached hydrogens (tertiary/aromatic N) is 2. The van der Waals surface area contributed by atoms with Gasteiger partial charge in [-0.1, -0.05) is 18.2 Å². The summed E-state index contributed by atoms with van der Waals surface area (Å²) in [6.45, 7) is 4.00. The summed E-state index contributed by atoms with van der Waals surface area (Å²) in [5.41, 5.74) is 3.67. The standard InChI is InChI=1S/C24H26F3N3O2S/c1-16-11-21(17(2)30(16)13-20-5-4-10-33-20)22(31)14-29(3)12-18-6-8-19(9-7-18)23(32)28-15-24(25,26)27/h4-11H,12-15H2,1-3H3,(H,28,32). The second kappa shape index (κ2) is 10.4. The third-order valence-corrected chi connectivity index (χ3v) is 6.16. The van der Waals surface area contributed by atoms with E-state index < -0.39 is 18.6 Å². The molecule has 3 rings (SSSR count). The van der Waals surface area contributed by atoms with Gasteiger partial charge in [-0.15, -0.1) is 11.3 Å². The molecule has 5 nitrogen and oxygen atoms in total. The van der Waals surface area contributed by atoms with Crippen LogP contribution in [0.3, 0.4) is 0 Å². The molecule has 33 heavy (non-hydrogen) atoms. The molecule has 1 N–H and O–H groups in total. The van der Waals surface area contributed by atoms with Crippen LogP contribution < -0.4 is 5.32 Å². The zero-order valence-electron chi connectivity index (χ0n) is 18.7. The largest absolute Gasteiger partial charge is 0.405 e. The van der Waals surface area contributed by atoms with Gasteiger partial charge in [0, 0.05) is 33.9 Å². The Morgan fingerprint density at radius 1 is 1.12 bits per heavy atom. The molecule has 0 bridgehead atoms. The molecule has 0 saturated heterocycles. The van der Waals surface area contributed by atoms with E-state index in [0.29, 0.717) is 12.1 Å². The van der Waals surface area contributed by atoms with E-state index in [0.717, 1.165) is 23.5 Å². The highest BCUT2D eigenvalue weighted by Crippen LogP contribution is 2.20. The number of ketones is 1. The Labute approximate surface area is 194 Å². The Balaban J connectivity index is 1.58. The molecule has 0 saturated carbocycles. The molecule has 0 spiro atoms. The number of Topliss-reactive ketones (excluding diaryl/α,β-unsaturated/α-hetero) is 1. The summed E-state index contributed by atoms with van der Waals surface area (Å²) in [7, 11) is 1.83. The van der Waals surface area contributed by atoms with Gasteiger partial charge in [0.25, 0.3) is 5.91 Å². The van der Waals surface area contributed by atoms with E-state index in [1.165, 1.54) is 17.0 Å². The lowest BCUT2D eigenvalue weighted by molar-refractivity contribution is -0.123. The number of rotatable bonds is 9. The first-order chi connectivity index (χ1) is 15.5. The van der Waals surface area contributed by atoms with Gasteiger partial charge in [-0.2, -0.15) is 13.2 Å². The van der Waals surface area contributed by atoms with Gasteiger partial charge in [0.2, 0.25) is 0 Å². The molecule has 2 heterocycles. The molecule has 0 aliphatic carbocycles. The van der Waals surface area contributed by atoms with E-state index in [-0.39, 0.29) is 17.9 Å². The SMILES string of the molecule is Cc1cc(C(=O)CN(C)Cc2ccc(C(=O)NCC(F)(F)F)cc2)c(C)n1Cc1cccs1. The number of thiophene rings is 1. The number of hydrogen-bond acceptors (Lipinski definition) is 4. The van der Waals surface area contributed by atoms with Crippen LogP contribution in [0.25, 0.3) is 0 Å². The number of aryl methyl sites for hydroxylation is 1. The molecule has 0 fully saturated rings. The second-order valence-corrected chi connectivity index (χ2v) is 9.07. The number of carbonyl (C=O) groups excluding carboxylic acids is 2. The first kappa shape index (κ1) is 24.7. The van der Waals surface area contributed by atoms with Crippen molar-refractivity contribution >= 4 is 23.0 Å². The molecule has 0 atom stereocenters. The first-order valence-corrected chi connectivity index (χ1v) is 11.3. The van der Waals surface area contributed by atoms with Crippen LogP contribution in [-0.2, 0) is 13.1 Å². The van der Waals surface area contributed by atoms with Gasteiger partial charge in [-0.05, 0) is 56.1 Å². The van der Waals surface area contributed by atoms with Gasteiger partial charge in [-0.3, -0.25) is 14.5 Å². The molecule has 0 radical (unpaired) electrons. The number of nitrogens with one attached hydrogen (secondary N) is 1. The molecule has 0 unspecified atom stereocenters. The summed E-state index contributed by atoms with van der Waals surface area (Å²) in [5, 5.41) is 3.88. The Kier molecular flexibility index (Phi) is 7.76. The fraction of sp³-hybridized carbons (Fsp3) is 0.333. The predicted molar refractivity (Wildman–Crippen MR) is 123 cm³/mol. The summed E-state index contributed by atoms with van der Waals surface area (Å²) in [6.07, 6.45) is -4.45. The third kappa shape index (κ3) is 6.79. The van der Waals surface area contributed by atoms with Gasteiger partial charge in [0.1, 0.15) is 6.54 Å². The highest BCUT2D eigenvalue weighted by molar-refractivity contribution is 7.09. The van der Waals surface area contributed by atoms with E-state index in [4.69, 9.17) is 0 Å². The van der Waals surface area contributed by atoms with E-state index in [1.54, 1.807) is 23.5 Å². The van der Waals surface area contributed by atoms with Crippen molar-refractivity contribution in [3.8, 4) is 0 Å². The van der Waals surface area contributed by atoms with Crippen molar-refractivity contribution in [2.45, 2.75) is 33.1 Å². The third-order valence-electron chi connectivity index (χ3n) is 5.30. The van der Waals surface area contributed by atoms with Gasteiger partial charge in [0.15, 0.2) is 5.78 Å². The molecule has 9 heteroatoms. The maximum atomic E-state index is 12.9. The van der Waals surface area contributed by atoms with Gasteiger partial charge < -0.3 is 9.88 Å². The molecule has 176 valence electrons. The van der Waals surface area contributed by atoms with Crippen molar-refractivity contribution in [1.29, 1.82) is 0 Å². The molecule has 1 aromatic carbocycles. The van der Waals surface area contributed by atoms with Crippen LogP contribution in [0.15, 0.2) is 47.8 Å². The number of aromatic nitrogens is 1. The first-order valence-electron chi connectivity index (χ1n) is 10.4. The Hall–Kier alpha value is -2.91. The maximum absolute atomic E-state index is 12.9. The second-order valence-electron chi connectivity index (χ2n) is 8.04. The average molecular weight is 478 g/mol. The fourth-order valence-corrected chi connectivity index (χ4v) is 4.32. The zero-order chi connectivity index (χ0) is 24.2. The van der Waals surface area contributed by atoms with E-state index >= 15 is 0 Å². The lowest BCUT2D eigenvalue weighted by Gasteiger charge is -2.16. The van der Waals surface area contributed by atoms with Crippen LogP contribution in [0, 0.1) is 13.8 Å². The average Bonchev–Trinajstić information content (AvgIpc) is 3.35. The van der Waals surface area contributed by atoms with Crippen LogP contribution in [-0.4, -0.2) is 47.5 Å². The lowest BCUT2D eigenvalue weighted by atomic mass is 10.1. The zero-order valence-corrected chi connectivity index (χ0v) is 19.5. The van der Waals surface area contributed by atoms with Crippen molar-refractivity contribution in [2.24, 2.45) is 0 Å². The topological polar surface area (TPSA) is 54.3 Å². The van der Waals surface area contributed by atoms with Crippen LogP contribution in [0.2, 0.25) is 0 Å². The number of likely N-dealkylation sites (N-methyl/N-ethyl adjacent to an activating group) is 1. The van der Waals surface area contributed by atoms with Gasteiger partial charge >= 0.3 is 6.18 Å². The minimum Gasteiger partial charge on any atom is -0.343 e. The molecule has 2 aromatic heterocycles. The van der Waals surface area contributed by atoms with E-state index in [9.17, 15) is 22.8 Å². The molecule has 0 aliphatic rings. The number of halogens is 3. The van der Waals surface area contributed by atoms with Crippen molar-refractivity contribution in [3.63, 3.8) is 0 Å². The molecular formula is C24H26F3N3O2S. The highest BCUT2D eigenvalue weighted by Gasteiger charge is 2.27. The quantitative estimate of drug-likeness (QED) is 0.450. The Bertz CT molecular complexity index is 1100. The van der Waals surface area contributed by atoms with Crippen LogP contribution in [0.4, 0.5) is 13.2 Å². The number of amides is 1. The molecular weight excluding hydrogens is 451 g/mol. The summed E-state index contributed by atoms with van der Waals surface area (Å²) in [5.74, 6) is -0.758.